The number of alkyl halides is 3. The summed E-state index contributed by atoms with van der Waals surface area (Å²) in [5.41, 5.74) is 5.69. The highest BCUT2D eigenvalue weighted by atomic mass is 19.4. The molecule has 0 aliphatic carbocycles. The summed E-state index contributed by atoms with van der Waals surface area (Å²) >= 11 is 0. The van der Waals surface area contributed by atoms with Crippen molar-refractivity contribution in [3.05, 3.63) is 108 Å². The first kappa shape index (κ1) is 27.1. The normalized spacial score (nSPS) is 15.5. The van der Waals surface area contributed by atoms with Gasteiger partial charge in [0.1, 0.15) is 11.5 Å². The van der Waals surface area contributed by atoms with E-state index in [1.54, 1.807) is 36.4 Å². The Morgan fingerprint density at radius 2 is 1.39 bits per heavy atom. The van der Waals surface area contributed by atoms with Crippen LogP contribution in [0.1, 0.15) is 35.1 Å². The summed E-state index contributed by atoms with van der Waals surface area (Å²) in [6.45, 7) is 5.09. The van der Waals surface area contributed by atoms with Crippen LogP contribution in [0.2, 0.25) is 0 Å². The number of piperidine rings is 1. The first-order valence-electron chi connectivity index (χ1n) is 12.0. The van der Waals surface area contributed by atoms with Gasteiger partial charge in [-0.05, 0) is 74.3 Å². The largest absolute Gasteiger partial charge is 0.508 e. The van der Waals surface area contributed by atoms with Gasteiger partial charge in [-0.25, -0.2) is 0 Å². The highest BCUT2D eigenvalue weighted by Crippen LogP contribution is 2.43. The monoisotopic (exact) mass is 498 g/mol. The van der Waals surface area contributed by atoms with Crippen molar-refractivity contribution >= 4 is 0 Å². The van der Waals surface area contributed by atoms with Gasteiger partial charge in [-0.2, -0.15) is 13.2 Å². The molecule has 4 N–H and O–H groups in total. The molecule has 192 valence electrons. The van der Waals surface area contributed by atoms with Crippen LogP contribution in [0.4, 0.5) is 13.2 Å². The van der Waals surface area contributed by atoms with Crippen molar-refractivity contribution in [2.75, 3.05) is 19.6 Å². The summed E-state index contributed by atoms with van der Waals surface area (Å²) in [5.74, 6) is 0.471. The molecule has 0 aromatic heterocycles. The van der Waals surface area contributed by atoms with Crippen molar-refractivity contribution in [2.45, 2.75) is 37.3 Å². The SMILES string of the molecule is C=CN.Oc1ccccc1CC1(c2ccccc2O)CCN(CCc2ccccc2C(F)(F)F)CC1. The molecule has 0 radical (unpaired) electrons. The number of para-hydroxylation sites is 2. The highest BCUT2D eigenvalue weighted by molar-refractivity contribution is 5.43. The number of aromatic hydroxyl groups is 2. The van der Waals surface area contributed by atoms with Crippen LogP contribution in [0.3, 0.4) is 0 Å². The lowest BCUT2D eigenvalue weighted by Gasteiger charge is -2.43. The van der Waals surface area contributed by atoms with Gasteiger partial charge in [-0.3, -0.25) is 0 Å². The van der Waals surface area contributed by atoms with E-state index in [9.17, 15) is 23.4 Å². The molecule has 1 saturated heterocycles. The van der Waals surface area contributed by atoms with E-state index in [1.165, 1.54) is 12.3 Å². The summed E-state index contributed by atoms with van der Waals surface area (Å²) in [4.78, 5) is 2.19. The lowest BCUT2D eigenvalue weighted by Crippen LogP contribution is -2.44. The van der Waals surface area contributed by atoms with Gasteiger partial charge in [0.15, 0.2) is 0 Å². The van der Waals surface area contributed by atoms with E-state index in [2.05, 4.69) is 17.2 Å². The van der Waals surface area contributed by atoms with Gasteiger partial charge >= 0.3 is 6.18 Å². The van der Waals surface area contributed by atoms with Gasteiger partial charge in [0, 0.05) is 17.5 Å². The van der Waals surface area contributed by atoms with Crippen molar-refractivity contribution in [3.63, 3.8) is 0 Å². The Labute approximate surface area is 210 Å². The molecule has 0 spiro atoms. The van der Waals surface area contributed by atoms with Gasteiger partial charge in [-0.15, -0.1) is 0 Å². The third kappa shape index (κ3) is 6.61. The fourth-order valence-electron chi connectivity index (χ4n) is 4.99. The van der Waals surface area contributed by atoms with Crippen LogP contribution < -0.4 is 5.73 Å². The summed E-state index contributed by atoms with van der Waals surface area (Å²) in [6, 6.07) is 20.3. The molecule has 1 aliphatic rings. The quantitative estimate of drug-likeness (QED) is 0.389. The molecule has 1 fully saturated rings. The van der Waals surface area contributed by atoms with Crippen LogP contribution >= 0.6 is 0 Å². The highest BCUT2D eigenvalue weighted by Gasteiger charge is 2.39. The van der Waals surface area contributed by atoms with Crippen molar-refractivity contribution in [3.8, 4) is 11.5 Å². The maximum absolute atomic E-state index is 13.3. The van der Waals surface area contributed by atoms with E-state index in [0.29, 0.717) is 38.0 Å². The number of hydrogen-bond acceptors (Lipinski definition) is 4. The van der Waals surface area contributed by atoms with Crippen LogP contribution in [0.5, 0.6) is 11.5 Å². The van der Waals surface area contributed by atoms with E-state index in [1.807, 2.05) is 24.3 Å². The van der Waals surface area contributed by atoms with E-state index >= 15 is 0 Å². The standard InChI is InChI=1S/C27H28F3NO2.C2H5N/c28-27(29,30)22-9-3-1-7-20(22)13-16-31-17-14-26(15-18-31,23-10-4-6-12-25(23)33)19-21-8-2-5-11-24(21)32;1-2-3/h1-12,32-33H,13-19H2;2H,1,3H2. The number of hydrogen-bond donors (Lipinski definition) is 3. The number of nitrogens with two attached hydrogens (primary N) is 1. The Kier molecular flexibility index (Phi) is 9.04. The second-order valence-corrected chi connectivity index (χ2v) is 9.09. The average Bonchev–Trinajstić information content (AvgIpc) is 2.85. The fraction of sp³-hybridized carbons (Fsp3) is 0.310. The minimum absolute atomic E-state index is 0.235. The first-order chi connectivity index (χ1) is 17.2. The number of phenols is 2. The molecule has 3 aromatic carbocycles. The molecule has 0 unspecified atom stereocenters. The number of benzene rings is 3. The van der Waals surface area contributed by atoms with Crippen molar-refractivity contribution < 1.29 is 23.4 Å². The molecule has 36 heavy (non-hydrogen) atoms. The van der Waals surface area contributed by atoms with E-state index < -0.39 is 11.7 Å². The maximum Gasteiger partial charge on any atom is 0.416 e. The number of likely N-dealkylation sites (tertiary alicyclic amines) is 1. The number of phenolic OH excluding ortho intramolecular Hbond substituents is 2. The molecule has 7 heteroatoms. The molecule has 1 aliphatic heterocycles. The summed E-state index contributed by atoms with van der Waals surface area (Å²) in [5, 5.41) is 21.0. The maximum atomic E-state index is 13.3. The third-order valence-corrected chi connectivity index (χ3v) is 6.83. The summed E-state index contributed by atoms with van der Waals surface area (Å²) in [6.07, 6.45) is -0.712. The average molecular weight is 499 g/mol. The fourth-order valence-corrected chi connectivity index (χ4v) is 4.99. The second-order valence-electron chi connectivity index (χ2n) is 9.09. The van der Waals surface area contributed by atoms with Gasteiger partial charge in [0.05, 0.1) is 5.56 Å². The molecule has 4 rings (SSSR count). The van der Waals surface area contributed by atoms with E-state index in [-0.39, 0.29) is 16.9 Å². The molecule has 0 atom stereocenters. The zero-order valence-electron chi connectivity index (χ0n) is 20.2. The summed E-state index contributed by atoms with van der Waals surface area (Å²) in [7, 11) is 0. The van der Waals surface area contributed by atoms with Crippen LogP contribution in [0.25, 0.3) is 0 Å². The Morgan fingerprint density at radius 3 is 1.97 bits per heavy atom. The lowest BCUT2D eigenvalue weighted by molar-refractivity contribution is -0.138. The molecule has 1 heterocycles. The Morgan fingerprint density at radius 1 is 0.861 bits per heavy atom. The Hall–Kier alpha value is -3.45. The molecule has 0 bridgehead atoms. The Bertz CT molecular complexity index is 1140. The van der Waals surface area contributed by atoms with Crippen LogP contribution in [0.15, 0.2) is 85.6 Å². The Balaban J connectivity index is 0.00000115. The smallest absolute Gasteiger partial charge is 0.416 e. The van der Waals surface area contributed by atoms with Crippen molar-refractivity contribution in [2.24, 2.45) is 5.73 Å². The third-order valence-electron chi connectivity index (χ3n) is 6.83. The molecule has 0 saturated carbocycles. The molecule has 4 nitrogen and oxygen atoms in total. The van der Waals surface area contributed by atoms with Crippen LogP contribution in [-0.4, -0.2) is 34.7 Å². The molecular weight excluding hydrogens is 465 g/mol. The number of nitrogens with zero attached hydrogens (tertiary/aromatic N) is 1. The van der Waals surface area contributed by atoms with E-state index in [0.717, 1.165) is 30.0 Å². The van der Waals surface area contributed by atoms with Crippen molar-refractivity contribution in [1.82, 2.24) is 4.90 Å². The first-order valence-corrected chi connectivity index (χ1v) is 12.0. The minimum atomic E-state index is -4.35. The minimum Gasteiger partial charge on any atom is -0.508 e. The molecule has 0 amide bonds. The topological polar surface area (TPSA) is 69.7 Å². The molecular formula is C29H33F3N2O2. The molecule has 3 aromatic rings. The van der Waals surface area contributed by atoms with Crippen LogP contribution in [-0.2, 0) is 24.4 Å². The van der Waals surface area contributed by atoms with Gasteiger partial charge in [-0.1, -0.05) is 61.2 Å². The van der Waals surface area contributed by atoms with Gasteiger partial charge < -0.3 is 20.8 Å². The number of rotatable bonds is 6. The predicted octanol–water partition coefficient (Wildman–Crippen LogP) is 6.02. The summed E-state index contributed by atoms with van der Waals surface area (Å²) < 4.78 is 40.0. The zero-order chi connectivity index (χ0) is 26.2. The van der Waals surface area contributed by atoms with Crippen LogP contribution in [0, 0.1) is 0 Å². The zero-order valence-corrected chi connectivity index (χ0v) is 20.2. The predicted molar refractivity (Wildman–Crippen MR) is 137 cm³/mol. The van der Waals surface area contributed by atoms with Gasteiger partial charge in [0.25, 0.3) is 0 Å². The second kappa shape index (κ2) is 12.0. The lowest BCUT2D eigenvalue weighted by atomic mass is 9.68. The van der Waals surface area contributed by atoms with Gasteiger partial charge in [0.2, 0.25) is 0 Å². The van der Waals surface area contributed by atoms with E-state index in [4.69, 9.17) is 0 Å². The van der Waals surface area contributed by atoms with Crippen molar-refractivity contribution in [1.29, 1.82) is 0 Å². The number of halogens is 3.